The number of hydrogen-bond acceptors (Lipinski definition) is 3. The third-order valence-corrected chi connectivity index (χ3v) is 4.86. The Kier molecular flexibility index (Phi) is 3.35. The third-order valence-electron chi connectivity index (χ3n) is 4.63. The molecule has 0 saturated heterocycles. The lowest BCUT2D eigenvalue weighted by atomic mass is 9.91. The van der Waals surface area contributed by atoms with Crippen LogP contribution in [0.5, 0.6) is 5.75 Å². The molecule has 0 spiro atoms. The molecule has 2 N–H and O–H groups in total. The topological polar surface area (TPSA) is 38.5 Å². The maximum absolute atomic E-state index is 6.24. The van der Waals surface area contributed by atoms with Crippen molar-refractivity contribution in [3.05, 3.63) is 23.2 Å². The molecule has 1 aromatic rings. The molecule has 4 heteroatoms. The van der Waals surface area contributed by atoms with Crippen LogP contribution in [0.4, 0.5) is 5.69 Å². The van der Waals surface area contributed by atoms with Crippen LogP contribution in [0, 0.1) is 11.8 Å². The van der Waals surface area contributed by atoms with Crippen molar-refractivity contribution < 1.29 is 4.74 Å². The SMILES string of the molecule is CN(C)C1C2CCC(C2)C1Oc1ccc(Cl)cc1N. The van der Waals surface area contributed by atoms with Crippen molar-refractivity contribution in [2.24, 2.45) is 11.8 Å². The minimum atomic E-state index is 0.261. The fourth-order valence-electron chi connectivity index (χ4n) is 3.86. The number of anilines is 1. The van der Waals surface area contributed by atoms with Gasteiger partial charge in [0.2, 0.25) is 0 Å². The number of nitrogens with two attached hydrogens (primary N) is 1. The van der Waals surface area contributed by atoms with E-state index >= 15 is 0 Å². The number of ether oxygens (including phenoxy) is 1. The number of hydrogen-bond donors (Lipinski definition) is 1. The number of rotatable bonds is 3. The molecule has 0 amide bonds. The Hall–Kier alpha value is -0.930. The van der Waals surface area contributed by atoms with Crippen molar-refractivity contribution >= 4 is 17.3 Å². The molecular weight excluding hydrogens is 260 g/mol. The summed E-state index contributed by atoms with van der Waals surface area (Å²) in [7, 11) is 4.29. The Morgan fingerprint density at radius 1 is 1.26 bits per heavy atom. The summed E-state index contributed by atoms with van der Waals surface area (Å²) in [5.41, 5.74) is 6.63. The molecule has 2 aliphatic rings. The van der Waals surface area contributed by atoms with Gasteiger partial charge in [0.15, 0.2) is 0 Å². The molecule has 0 aromatic heterocycles. The summed E-state index contributed by atoms with van der Waals surface area (Å²) >= 11 is 5.93. The van der Waals surface area contributed by atoms with Crippen LogP contribution >= 0.6 is 11.6 Å². The summed E-state index contributed by atoms with van der Waals surface area (Å²) in [6.45, 7) is 0. The summed E-state index contributed by atoms with van der Waals surface area (Å²) in [5.74, 6) is 2.22. The van der Waals surface area contributed by atoms with Gasteiger partial charge in [-0.05, 0) is 63.4 Å². The first kappa shape index (κ1) is 13.1. The molecule has 2 aliphatic carbocycles. The van der Waals surface area contributed by atoms with Crippen molar-refractivity contribution in [2.45, 2.75) is 31.4 Å². The minimum absolute atomic E-state index is 0.261. The van der Waals surface area contributed by atoms with Crippen molar-refractivity contribution in [1.29, 1.82) is 0 Å². The highest BCUT2D eigenvalue weighted by Gasteiger charge is 2.50. The highest BCUT2D eigenvalue weighted by Crippen LogP contribution is 2.48. The van der Waals surface area contributed by atoms with E-state index in [1.54, 1.807) is 6.07 Å². The zero-order chi connectivity index (χ0) is 13.6. The van der Waals surface area contributed by atoms with Crippen LogP contribution in [0.25, 0.3) is 0 Å². The molecule has 4 unspecified atom stereocenters. The summed E-state index contributed by atoms with van der Waals surface area (Å²) in [5, 5.41) is 0.655. The highest BCUT2D eigenvalue weighted by atomic mass is 35.5. The number of nitrogen functional groups attached to an aromatic ring is 1. The van der Waals surface area contributed by atoms with Gasteiger partial charge in [0.05, 0.1) is 5.69 Å². The predicted octanol–water partition coefficient (Wildman–Crippen LogP) is 3.03. The number of halogens is 1. The normalized spacial score (nSPS) is 33.1. The van der Waals surface area contributed by atoms with E-state index in [9.17, 15) is 0 Å². The molecule has 1 aromatic carbocycles. The van der Waals surface area contributed by atoms with Gasteiger partial charge in [0.25, 0.3) is 0 Å². The fraction of sp³-hybridized carbons (Fsp3) is 0.600. The third kappa shape index (κ3) is 2.30. The largest absolute Gasteiger partial charge is 0.486 e. The smallest absolute Gasteiger partial charge is 0.142 e. The lowest BCUT2D eigenvalue weighted by Crippen LogP contribution is -2.46. The summed E-state index contributed by atoms with van der Waals surface area (Å²) in [6, 6.07) is 5.99. The Bertz CT molecular complexity index is 477. The van der Waals surface area contributed by atoms with Gasteiger partial charge in [0.1, 0.15) is 11.9 Å². The molecule has 2 saturated carbocycles. The van der Waals surface area contributed by atoms with Gasteiger partial charge in [0, 0.05) is 11.1 Å². The predicted molar refractivity (Wildman–Crippen MR) is 78.6 cm³/mol. The lowest BCUT2D eigenvalue weighted by Gasteiger charge is -2.36. The maximum atomic E-state index is 6.24. The van der Waals surface area contributed by atoms with Gasteiger partial charge in [-0.2, -0.15) is 0 Å². The molecule has 0 aliphatic heterocycles. The minimum Gasteiger partial charge on any atom is -0.486 e. The Morgan fingerprint density at radius 3 is 2.68 bits per heavy atom. The van der Waals surface area contributed by atoms with Crippen molar-refractivity contribution in [3.8, 4) is 5.75 Å². The molecule has 3 rings (SSSR count). The zero-order valence-electron chi connectivity index (χ0n) is 11.5. The van der Waals surface area contributed by atoms with E-state index in [4.69, 9.17) is 22.1 Å². The first-order valence-corrected chi connectivity index (χ1v) is 7.32. The average Bonchev–Trinajstić information content (AvgIpc) is 2.92. The number of likely N-dealkylation sites (N-methyl/N-ethyl adjacent to an activating group) is 1. The molecule has 19 heavy (non-hydrogen) atoms. The van der Waals surface area contributed by atoms with Crippen LogP contribution < -0.4 is 10.5 Å². The van der Waals surface area contributed by atoms with E-state index in [1.165, 1.54) is 19.3 Å². The van der Waals surface area contributed by atoms with E-state index in [2.05, 4.69) is 19.0 Å². The summed E-state index contributed by atoms with van der Waals surface area (Å²) in [4.78, 5) is 2.31. The van der Waals surface area contributed by atoms with E-state index < -0.39 is 0 Å². The monoisotopic (exact) mass is 280 g/mol. The summed E-state index contributed by atoms with van der Waals surface area (Å²) < 4.78 is 6.24. The Labute approximate surface area is 119 Å². The molecule has 104 valence electrons. The van der Waals surface area contributed by atoms with Crippen molar-refractivity contribution in [1.82, 2.24) is 4.90 Å². The first-order valence-electron chi connectivity index (χ1n) is 6.94. The van der Waals surface area contributed by atoms with Gasteiger partial charge in [-0.3, -0.25) is 0 Å². The molecule has 0 heterocycles. The fourth-order valence-corrected chi connectivity index (χ4v) is 4.04. The van der Waals surface area contributed by atoms with Gasteiger partial charge in [-0.15, -0.1) is 0 Å². The molecule has 2 bridgehead atoms. The van der Waals surface area contributed by atoms with Gasteiger partial charge < -0.3 is 15.4 Å². The molecule has 2 fully saturated rings. The molecule has 3 nitrogen and oxygen atoms in total. The van der Waals surface area contributed by atoms with E-state index in [0.29, 0.717) is 22.7 Å². The number of fused-ring (bicyclic) bond motifs is 2. The second-order valence-corrected chi connectivity index (χ2v) is 6.49. The first-order chi connectivity index (χ1) is 9.06. The Balaban J connectivity index is 1.82. The standard InChI is InChI=1S/C15H21ClN2O/c1-18(2)14-9-3-4-10(7-9)15(14)19-13-6-5-11(16)8-12(13)17/h5-6,8-10,14-15H,3-4,7,17H2,1-2H3. The molecule has 4 atom stereocenters. The van der Waals surface area contributed by atoms with E-state index in [-0.39, 0.29) is 6.10 Å². The van der Waals surface area contributed by atoms with Gasteiger partial charge in [-0.1, -0.05) is 11.6 Å². The van der Waals surface area contributed by atoms with Gasteiger partial charge >= 0.3 is 0 Å². The summed E-state index contributed by atoms with van der Waals surface area (Å²) in [6.07, 6.45) is 4.18. The van der Waals surface area contributed by atoms with Crippen LogP contribution in [0.1, 0.15) is 19.3 Å². The maximum Gasteiger partial charge on any atom is 0.142 e. The lowest BCUT2D eigenvalue weighted by molar-refractivity contribution is 0.0543. The molecule has 0 radical (unpaired) electrons. The van der Waals surface area contributed by atoms with E-state index in [0.717, 1.165) is 11.7 Å². The van der Waals surface area contributed by atoms with Crippen molar-refractivity contribution in [2.75, 3.05) is 19.8 Å². The number of benzene rings is 1. The van der Waals surface area contributed by atoms with Gasteiger partial charge in [-0.25, -0.2) is 0 Å². The van der Waals surface area contributed by atoms with Crippen molar-refractivity contribution in [3.63, 3.8) is 0 Å². The van der Waals surface area contributed by atoms with Crippen LogP contribution in [-0.2, 0) is 0 Å². The highest BCUT2D eigenvalue weighted by molar-refractivity contribution is 6.30. The van der Waals surface area contributed by atoms with E-state index in [1.807, 2.05) is 12.1 Å². The quantitative estimate of drug-likeness (QED) is 0.865. The van der Waals surface area contributed by atoms with Crippen LogP contribution in [0.3, 0.4) is 0 Å². The Morgan fingerprint density at radius 2 is 2.00 bits per heavy atom. The van der Waals surface area contributed by atoms with Crippen LogP contribution in [-0.4, -0.2) is 31.1 Å². The molecular formula is C15H21ClN2O. The van der Waals surface area contributed by atoms with Crippen LogP contribution in [0.2, 0.25) is 5.02 Å². The average molecular weight is 281 g/mol. The van der Waals surface area contributed by atoms with Crippen LogP contribution in [0.15, 0.2) is 18.2 Å². The zero-order valence-corrected chi connectivity index (χ0v) is 12.2. The number of nitrogens with zero attached hydrogens (tertiary/aromatic N) is 1. The second-order valence-electron chi connectivity index (χ2n) is 6.05. The second kappa shape index (κ2) is 4.88.